The van der Waals surface area contributed by atoms with Gasteiger partial charge in [-0.2, -0.15) is 0 Å². The quantitative estimate of drug-likeness (QED) is 0.122. The van der Waals surface area contributed by atoms with Crippen LogP contribution in [-0.4, -0.2) is 125 Å². The van der Waals surface area contributed by atoms with E-state index in [0.717, 1.165) is 7.11 Å². The first-order valence-corrected chi connectivity index (χ1v) is 16.3. The van der Waals surface area contributed by atoms with Crippen LogP contribution in [0.3, 0.4) is 0 Å². The summed E-state index contributed by atoms with van der Waals surface area (Å²) < 4.78 is 47.7. The van der Waals surface area contributed by atoms with E-state index in [9.17, 15) is 34.8 Å². The Bertz CT molecular complexity index is 1550. The van der Waals surface area contributed by atoms with Gasteiger partial charge in [0.2, 0.25) is 6.29 Å². The van der Waals surface area contributed by atoms with Gasteiger partial charge in [0, 0.05) is 40.6 Å². The molecule has 5 heterocycles. The molecule has 2 bridgehead atoms. The van der Waals surface area contributed by atoms with E-state index in [1.165, 1.54) is 19.4 Å². The van der Waals surface area contributed by atoms with Crippen LogP contribution in [-0.2, 0) is 52.3 Å². The highest BCUT2D eigenvalue weighted by molar-refractivity contribution is 5.88. The van der Waals surface area contributed by atoms with E-state index in [4.69, 9.17) is 37.9 Å². The van der Waals surface area contributed by atoms with E-state index in [1.807, 2.05) is 0 Å². The Labute approximate surface area is 276 Å². The topological polar surface area (TPSA) is 209 Å². The normalized spacial score (nSPS) is 56.7. The first kappa shape index (κ1) is 32.6. The van der Waals surface area contributed by atoms with Crippen molar-refractivity contribution in [1.82, 2.24) is 0 Å². The molecule has 0 radical (unpaired) electrons. The lowest BCUT2D eigenvalue weighted by molar-refractivity contribution is -0.314. The predicted molar refractivity (Wildman–Crippen MR) is 155 cm³/mol. The maximum absolute atomic E-state index is 13.8. The molecule has 0 unspecified atom stereocenters. The maximum Gasteiger partial charge on any atom is 0.366 e. The summed E-state index contributed by atoms with van der Waals surface area (Å²) in [5, 5.41) is 48.9. The summed E-state index contributed by atoms with van der Waals surface area (Å²) in [5.41, 5.74) is -9.28. The van der Waals surface area contributed by atoms with Crippen LogP contribution in [0.2, 0.25) is 0 Å². The second kappa shape index (κ2) is 9.57. The molecule has 8 aliphatic rings. The zero-order valence-corrected chi connectivity index (χ0v) is 27.5. The summed E-state index contributed by atoms with van der Waals surface area (Å²) in [6.07, 6.45) is -3.14. The molecule has 16 atom stereocenters. The average molecular weight is 679 g/mol. The molecule has 5 aliphatic heterocycles. The van der Waals surface area contributed by atoms with Gasteiger partial charge in [0.1, 0.15) is 22.7 Å². The van der Waals surface area contributed by atoms with Crippen LogP contribution in [0.5, 0.6) is 0 Å². The Hall–Kier alpha value is -2.63. The molecule has 0 aromatic heterocycles. The summed E-state index contributed by atoms with van der Waals surface area (Å²) >= 11 is 0. The van der Waals surface area contributed by atoms with E-state index in [0.29, 0.717) is 0 Å². The third-order valence-corrected chi connectivity index (χ3v) is 13.9. The Morgan fingerprint density at radius 3 is 2.40 bits per heavy atom. The van der Waals surface area contributed by atoms with Gasteiger partial charge in [-0.3, -0.25) is 4.79 Å². The Morgan fingerprint density at radius 1 is 1.02 bits per heavy atom. The maximum atomic E-state index is 13.8. The van der Waals surface area contributed by atoms with E-state index in [2.05, 4.69) is 0 Å². The molecule has 0 aromatic rings. The van der Waals surface area contributed by atoms with Crippen LogP contribution in [0.4, 0.5) is 0 Å². The molecule has 15 nitrogen and oxygen atoms in total. The first-order valence-electron chi connectivity index (χ1n) is 16.3. The van der Waals surface area contributed by atoms with Crippen molar-refractivity contribution < 1.29 is 72.7 Å². The lowest BCUT2D eigenvalue weighted by Gasteiger charge is -2.65. The van der Waals surface area contributed by atoms with Gasteiger partial charge in [0.25, 0.3) is 5.79 Å². The molecule has 7 fully saturated rings. The molecule has 0 amide bonds. The molecule has 15 heteroatoms. The predicted octanol–water partition coefficient (Wildman–Crippen LogP) is -0.774. The molecular weight excluding hydrogens is 636 g/mol. The summed E-state index contributed by atoms with van der Waals surface area (Å²) in [6.45, 7) is 5.79. The molecule has 264 valence electrons. The molecule has 3 saturated carbocycles. The van der Waals surface area contributed by atoms with Crippen molar-refractivity contribution in [3.05, 3.63) is 24.0 Å². The first-order chi connectivity index (χ1) is 22.6. The van der Waals surface area contributed by atoms with Gasteiger partial charge >= 0.3 is 17.9 Å². The molecule has 1 spiro atoms. The molecule has 0 aromatic carbocycles. The zero-order chi connectivity index (χ0) is 34.6. The fraction of sp³-hybridized carbons (Fsp3) is 0.788. The van der Waals surface area contributed by atoms with Crippen molar-refractivity contribution in [2.24, 2.45) is 34.0 Å². The molecular formula is C33H42O15. The van der Waals surface area contributed by atoms with Crippen LogP contribution in [0.25, 0.3) is 0 Å². The van der Waals surface area contributed by atoms with Crippen molar-refractivity contribution in [2.45, 2.75) is 99.9 Å². The third-order valence-electron chi connectivity index (χ3n) is 13.9. The Kier molecular flexibility index (Phi) is 6.50. The summed E-state index contributed by atoms with van der Waals surface area (Å²) in [6, 6.07) is 0. The van der Waals surface area contributed by atoms with Crippen molar-refractivity contribution >= 4 is 17.9 Å². The fourth-order valence-electron chi connectivity index (χ4n) is 11.8. The lowest BCUT2D eigenvalue weighted by Crippen LogP contribution is -2.79. The number of carbonyl (C=O) groups is 3. The Morgan fingerprint density at radius 2 is 1.73 bits per heavy atom. The molecule has 3 aliphatic carbocycles. The van der Waals surface area contributed by atoms with Crippen molar-refractivity contribution in [3.8, 4) is 0 Å². The number of aliphatic hydroxyl groups excluding tert-OH is 2. The number of methoxy groups -OCH3 is 2. The molecule has 48 heavy (non-hydrogen) atoms. The fourth-order valence-corrected chi connectivity index (χ4v) is 11.8. The number of esters is 3. The van der Waals surface area contributed by atoms with Crippen LogP contribution in [0.15, 0.2) is 24.0 Å². The number of carbonyl (C=O) groups excluding carboxylic acids is 3. The minimum Gasteiger partial charge on any atom is -0.469 e. The number of hydrogen-bond donors (Lipinski definition) is 4. The van der Waals surface area contributed by atoms with Crippen molar-refractivity contribution in [3.63, 3.8) is 0 Å². The van der Waals surface area contributed by atoms with Crippen LogP contribution < -0.4 is 0 Å². The van der Waals surface area contributed by atoms with Gasteiger partial charge in [-0.25, -0.2) is 9.59 Å². The summed E-state index contributed by atoms with van der Waals surface area (Å²) in [7, 11) is 2.24. The highest BCUT2D eigenvalue weighted by Gasteiger charge is 2.97. The summed E-state index contributed by atoms with van der Waals surface area (Å²) in [4.78, 5) is 41.1. The molecule has 4 N–H and O–H groups in total. The van der Waals surface area contributed by atoms with Gasteiger partial charge in [-0.15, -0.1) is 0 Å². The number of hydrogen-bond acceptors (Lipinski definition) is 15. The van der Waals surface area contributed by atoms with Crippen LogP contribution in [0, 0.1) is 34.0 Å². The van der Waals surface area contributed by atoms with Gasteiger partial charge in [-0.05, 0) is 33.3 Å². The minimum atomic E-state index is -2.79. The molecule has 8 rings (SSSR count). The highest BCUT2D eigenvalue weighted by atomic mass is 16.7. The lowest BCUT2D eigenvalue weighted by atomic mass is 9.37. The van der Waals surface area contributed by atoms with Gasteiger partial charge in [0.05, 0.1) is 58.1 Å². The SMILES string of the molecule is C/C=C(\C)C(=O)O[C@H]1C[C@@H](O)[C@@]2(C(=O)OC)CO[C@H]3[C@@H](O)[C@@](C)([C@]45O[C@@]4(C)[C@H]4C[C@@H]5O[C@@H]5OC=C[C@@]54O)[C@H]4[C@]1(CO[C@]4(O)C(=O)OC)[C@@H]32. The largest absolute Gasteiger partial charge is 0.469 e. The third kappa shape index (κ3) is 3.14. The van der Waals surface area contributed by atoms with E-state index >= 15 is 0 Å². The monoisotopic (exact) mass is 678 g/mol. The van der Waals surface area contributed by atoms with Crippen molar-refractivity contribution in [2.75, 3.05) is 27.4 Å². The van der Waals surface area contributed by atoms with E-state index in [1.54, 1.807) is 33.8 Å². The zero-order valence-electron chi connectivity index (χ0n) is 27.5. The van der Waals surface area contributed by atoms with Gasteiger partial charge in [-0.1, -0.05) is 13.0 Å². The van der Waals surface area contributed by atoms with E-state index in [-0.39, 0.29) is 25.0 Å². The average Bonchev–Trinajstić information content (AvgIpc) is 3.44. The second-order valence-corrected chi connectivity index (χ2v) is 15.2. The van der Waals surface area contributed by atoms with E-state index < -0.39 is 118 Å². The van der Waals surface area contributed by atoms with Gasteiger partial charge < -0.3 is 58.3 Å². The van der Waals surface area contributed by atoms with Gasteiger partial charge in [0.15, 0.2) is 5.60 Å². The standard InChI is InChI=1S/C33H42O15/c1-7-14(2)22(36)46-17-11-16(34)29(24(37)41-5)12-44-19-20(29)30(17)13-45-32(40,25(38)42-6)23(30)27(3,21(19)35)33-18-10-15(28(33,4)48-33)31(39)8-9-43-26(31)47-18/h7-9,15-21,23,26,34-35,39-40H,10-13H2,1-6H3/b14-7+/t15-,16-,17+,18+,19-,20+,21-,23+,26+,27-,28+,29+,30+,31+,32+,33+/m1/s1. The minimum absolute atomic E-state index is 0.254. The van der Waals surface area contributed by atoms with Crippen LogP contribution >= 0.6 is 0 Å². The van der Waals surface area contributed by atoms with Crippen molar-refractivity contribution in [1.29, 1.82) is 0 Å². The number of rotatable bonds is 5. The summed E-state index contributed by atoms with van der Waals surface area (Å²) in [5.74, 6) is -8.86. The number of ether oxygens (including phenoxy) is 8. The number of aliphatic hydroxyl groups is 4. The Balaban J connectivity index is 1.39. The molecule has 4 saturated heterocycles. The van der Waals surface area contributed by atoms with Crippen LogP contribution in [0.1, 0.15) is 40.5 Å². The smallest absolute Gasteiger partial charge is 0.366 e. The highest BCUT2D eigenvalue weighted by Crippen LogP contribution is 2.82. The number of allylic oxidation sites excluding steroid dienone is 1. The number of epoxide rings is 1. The second-order valence-electron chi connectivity index (χ2n) is 15.2. The number of fused-ring (bicyclic) bond motifs is 7.